The first-order valence-electron chi connectivity index (χ1n) is 5.75. The lowest BCUT2D eigenvalue weighted by Crippen LogP contribution is -2.31. The van der Waals surface area contributed by atoms with Crippen molar-refractivity contribution in [2.75, 3.05) is 11.9 Å². The van der Waals surface area contributed by atoms with Gasteiger partial charge in [-0.25, -0.2) is 0 Å². The van der Waals surface area contributed by atoms with Gasteiger partial charge < -0.3 is 10.6 Å². The van der Waals surface area contributed by atoms with Crippen molar-refractivity contribution in [1.29, 1.82) is 0 Å². The van der Waals surface area contributed by atoms with Crippen LogP contribution >= 0.6 is 11.6 Å². The third-order valence-electron chi connectivity index (χ3n) is 2.86. The lowest BCUT2D eigenvalue weighted by molar-refractivity contribution is -0.137. The van der Waals surface area contributed by atoms with Crippen LogP contribution in [0.25, 0.3) is 0 Å². The molecule has 1 aliphatic rings. The molecule has 2 N–H and O–H groups in total. The maximum Gasteiger partial charge on any atom is 0.416 e. The second kappa shape index (κ2) is 5.28. The molecule has 1 aromatic carbocycles. The SMILES string of the molecule is O=C1CCC(CNc2cc(Cl)cc(C(F)(F)F)c2)N1. The third kappa shape index (κ3) is 3.76. The van der Waals surface area contributed by atoms with Gasteiger partial charge in [0.1, 0.15) is 0 Å². The average Bonchev–Trinajstić information content (AvgIpc) is 2.71. The maximum atomic E-state index is 12.6. The van der Waals surface area contributed by atoms with Crippen LogP contribution in [0.5, 0.6) is 0 Å². The highest BCUT2D eigenvalue weighted by Crippen LogP contribution is 2.33. The molecule has 0 spiro atoms. The standard InChI is InChI=1S/C12H12ClF3N2O/c13-8-3-7(12(14,15)16)4-10(5-8)17-6-9-1-2-11(19)18-9/h3-5,9,17H,1-2,6H2,(H,18,19). The summed E-state index contributed by atoms with van der Waals surface area (Å²) in [6.07, 6.45) is -3.29. The number of carbonyl (C=O) groups excluding carboxylic acids is 1. The highest BCUT2D eigenvalue weighted by atomic mass is 35.5. The molecule has 1 fully saturated rings. The Kier molecular flexibility index (Phi) is 3.89. The molecular formula is C12H12ClF3N2O. The van der Waals surface area contributed by atoms with Gasteiger partial charge >= 0.3 is 6.18 Å². The molecule has 0 aromatic heterocycles. The van der Waals surface area contributed by atoms with Gasteiger partial charge in [-0.2, -0.15) is 13.2 Å². The maximum absolute atomic E-state index is 12.6. The number of alkyl halides is 3. The zero-order valence-electron chi connectivity index (χ0n) is 9.85. The van der Waals surface area contributed by atoms with E-state index in [-0.39, 0.29) is 17.0 Å². The molecule has 0 bridgehead atoms. The van der Waals surface area contributed by atoms with E-state index in [4.69, 9.17) is 11.6 Å². The molecule has 2 rings (SSSR count). The Balaban J connectivity index is 2.04. The average molecular weight is 293 g/mol. The van der Waals surface area contributed by atoms with Gasteiger partial charge in [0.25, 0.3) is 0 Å². The van der Waals surface area contributed by atoms with Crippen LogP contribution in [0, 0.1) is 0 Å². The fourth-order valence-corrected chi connectivity index (χ4v) is 2.16. The fourth-order valence-electron chi connectivity index (χ4n) is 1.93. The van der Waals surface area contributed by atoms with E-state index in [0.717, 1.165) is 12.1 Å². The summed E-state index contributed by atoms with van der Waals surface area (Å²) in [7, 11) is 0. The normalized spacial score (nSPS) is 19.4. The lowest BCUT2D eigenvalue weighted by atomic mass is 10.1. The number of amides is 1. The molecule has 1 saturated heterocycles. The summed E-state index contributed by atoms with van der Waals surface area (Å²) in [4.78, 5) is 11.0. The first-order valence-corrected chi connectivity index (χ1v) is 6.13. The van der Waals surface area contributed by atoms with Crippen LogP contribution in [-0.2, 0) is 11.0 Å². The number of hydrogen-bond donors (Lipinski definition) is 2. The molecule has 1 unspecified atom stereocenters. The Bertz CT molecular complexity index is 490. The van der Waals surface area contributed by atoms with Crippen molar-refractivity contribution >= 4 is 23.2 Å². The number of hydrogen-bond acceptors (Lipinski definition) is 2. The van der Waals surface area contributed by atoms with Gasteiger partial charge in [0.2, 0.25) is 5.91 Å². The van der Waals surface area contributed by atoms with Crippen molar-refractivity contribution in [3.05, 3.63) is 28.8 Å². The van der Waals surface area contributed by atoms with Crippen molar-refractivity contribution in [2.45, 2.75) is 25.1 Å². The van der Waals surface area contributed by atoms with Crippen LogP contribution in [0.2, 0.25) is 5.02 Å². The predicted octanol–water partition coefficient (Wildman–Crippen LogP) is 3.05. The Morgan fingerprint density at radius 3 is 2.68 bits per heavy atom. The highest BCUT2D eigenvalue weighted by molar-refractivity contribution is 6.30. The molecule has 1 aromatic rings. The fraction of sp³-hybridized carbons (Fsp3) is 0.417. The molecule has 0 saturated carbocycles. The molecule has 0 aliphatic carbocycles. The number of benzene rings is 1. The minimum atomic E-state index is -4.43. The Labute approximate surface area is 113 Å². The smallest absolute Gasteiger partial charge is 0.383 e. The van der Waals surface area contributed by atoms with Gasteiger partial charge in [-0.1, -0.05) is 11.6 Å². The molecule has 1 atom stereocenters. The van der Waals surface area contributed by atoms with E-state index < -0.39 is 11.7 Å². The summed E-state index contributed by atoms with van der Waals surface area (Å²) >= 11 is 5.66. The van der Waals surface area contributed by atoms with Crippen LogP contribution < -0.4 is 10.6 Å². The van der Waals surface area contributed by atoms with Gasteiger partial charge in [0, 0.05) is 29.7 Å². The number of halogens is 4. The van der Waals surface area contributed by atoms with Crippen LogP contribution in [0.4, 0.5) is 18.9 Å². The predicted molar refractivity (Wildman–Crippen MR) is 66.1 cm³/mol. The van der Waals surface area contributed by atoms with Gasteiger partial charge in [-0.3, -0.25) is 4.79 Å². The van der Waals surface area contributed by atoms with Crippen molar-refractivity contribution in [2.24, 2.45) is 0 Å². The zero-order chi connectivity index (χ0) is 14.0. The monoisotopic (exact) mass is 292 g/mol. The topological polar surface area (TPSA) is 41.1 Å². The van der Waals surface area contributed by atoms with E-state index >= 15 is 0 Å². The van der Waals surface area contributed by atoms with E-state index in [1.54, 1.807) is 0 Å². The van der Waals surface area contributed by atoms with Crippen molar-refractivity contribution < 1.29 is 18.0 Å². The molecule has 19 heavy (non-hydrogen) atoms. The summed E-state index contributed by atoms with van der Waals surface area (Å²) in [5.74, 6) is -0.0334. The van der Waals surface area contributed by atoms with E-state index in [2.05, 4.69) is 10.6 Å². The summed E-state index contributed by atoms with van der Waals surface area (Å²) in [5, 5.41) is 5.61. The van der Waals surface area contributed by atoms with Gasteiger partial charge in [-0.05, 0) is 24.6 Å². The van der Waals surface area contributed by atoms with E-state index in [1.807, 2.05) is 0 Å². The van der Waals surface area contributed by atoms with E-state index in [9.17, 15) is 18.0 Å². The molecule has 1 amide bonds. The number of anilines is 1. The van der Waals surface area contributed by atoms with Crippen LogP contribution in [0.3, 0.4) is 0 Å². The van der Waals surface area contributed by atoms with Gasteiger partial charge in [-0.15, -0.1) is 0 Å². The van der Waals surface area contributed by atoms with E-state index in [1.165, 1.54) is 6.07 Å². The van der Waals surface area contributed by atoms with Crippen molar-refractivity contribution in [3.8, 4) is 0 Å². The molecule has 7 heteroatoms. The summed E-state index contributed by atoms with van der Waals surface area (Å²) < 4.78 is 37.8. The minimum Gasteiger partial charge on any atom is -0.383 e. The number of nitrogens with one attached hydrogen (secondary N) is 2. The molecular weight excluding hydrogens is 281 g/mol. The largest absolute Gasteiger partial charge is 0.416 e. The molecule has 3 nitrogen and oxygen atoms in total. The van der Waals surface area contributed by atoms with E-state index in [0.29, 0.717) is 25.1 Å². The molecule has 0 radical (unpaired) electrons. The first kappa shape index (κ1) is 14.0. The van der Waals surface area contributed by atoms with Crippen molar-refractivity contribution in [3.63, 3.8) is 0 Å². The summed E-state index contributed by atoms with van der Waals surface area (Å²) in [6, 6.07) is 3.25. The van der Waals surface area contributed by atoms with Crippen LogP contribution in [-0.4, -0.2) is 18.5 Å². The van der Waals surface area contributed by atoms with Gasteiger partial charge in [0.05, 0.1) is 5.56 Å². The number of carbonyl (C=O) groups is 1. The number of rotatable bonds is 3. The first-order chi connectivity index (χ1) is 8.84. The summed E-state index contributed by atoms with van der Waals surface area (Å²) in [5.41, 5.74) is -0.501. The minimum absolute atomic E-state index is 0.0211. The third-order valence-corrected chi connectivity index (χ3v) is 3.08. The quantitative estimate of drug-likeness (QED) is 0.899. The molecule has 104 valence electrons. The van der Waals surface area contributed by atoms with Gasteiger partial charge in [0.15, 0.2) is 0 Å². The van der Waals surface area contributed by atoms with Crippen molar-refractivity contribution in [1.82, 2.24) is 5.32 Å². The lowest BCUT2D eigenvalue weighted by Gasteiger charge is -2.14. The Morgan fingerprint density at radius 2 is 2.11 bits per heavy atom. The Hall–Kier alpha value is -1.43. The highest BCUT2D eigenvalue weighted by Gasteiger charge is 2.31. The second-order valence-corrected chi connectivity index (χ2v) is 4.85. The zero-order valence-corrected chi connectivity index (χ0v) is 10.6. The van der Waals surface area contributed by atoms with Crippen LogP contribution in [0.1, 0.15) is 18.4 Å². The Morgan fingerprint density at radius 1 is 1.37 bits per heavy atom. The second-order valence-electron chi connectivity index (χ2n) is 4.41. The molecule has 1 aliphatic heterocycles. The van der Waals surface area contributed by atoms with Crippen LogP contribution in [0.15, 0.2) is 18.2 Å². The summed E-state index contributed by atoms with van der Waals surface area (Å²) in [6.45, 7) is 0.378. The molecule has 1 heterocycles.